The van der Waals surface area contributed by atoms with E-state index in [0.29, 0.717) is 0 Å². The lowest BCUT2D eigenvalue weighted by molar-refractivity contribution is 0.538. The highest BCUT2D eigenvalue weighted by atomic mass is 16.3. The molecule has 0 aliphatic carbocycles. The summed E-state index contributed by atoms with van der Waals surface area (Å²) in [6.45, 7) is 0. The molecule has 0 aliphatic heterocycles. The summed E-state index contributed by atoms with van der Waals surface area (Å²) in [5.41, 5.74) is 6.09. The second kappa shape index (κ2) is 4.64. The number of fused-ring (bicyclic) bond motifs is 1. The van der Waals surface area contributed by atoms with Gasteiger partial charge in [0.1, 0.15) is 0 Å². The highest BCUT2D eigenvalue weighted by Crippen LogP contribution is 2.22. The number of rotatable bonds is 4. The van der Waals surface area contributed by atoms with Crippen molar-refractivity contribution in [3.8, 4) is 0 Å². The van der Waals surface area contributed by atoms with E-state index in [0.717, 1.165) is 23.1 Å². The zero-order valence-corrected chi connectivity index (χ0v) is 9.78. The number of nitrogens with one attached hydrogen (secondary N) is 1. The maximum atomic E-state index is 5.65. The molecule has 1 atom stereocenters. The van der Waals surface area contributed by atoms with E-state index in [1.807, 2.05) is 41.2 Å². The minimum atomic E-state index is 0.0162. The number of hydrogen-bond acceptors (Lipinski definition) is 4. The number of hydrazine groups is 1. The predicted octanol–water partition coefficient (Wildman–Crippen LogP) is 1.67. The zero-order chi connectivity index (χ0) is 12.4. The highest BCUT2D eigenvalue weighted by Gasteiger charge is 2.15. The van der Waals surface area contributed by atoms with Crippen LogP contribution in [0.2, 0.25) is 0 Å². The molecule has 3 aromatic heterocycles. The van der Waals surface area contributed by atoms with Gasteiger partial charge in [-0.3, -0.25) is 11.3 Å². The molecule has 1 unspecified atom stereocenters. The van der Waals surface area contributed by atoms with Crippen LogP contribution in [0.25, 0.3) is 5.52 Å². The Morgan fingerprint density at radius 3 is 3.11 bits per heavy atom. The van der Waals surface area contributed by atoms with Crippen LogP contribution in [0.1, 0.15) is 17.2 Å². The fourth-order valence-corrected chi connectivity index (χ4v) is 2.13. The average Bonchev–Trinajstić information content (AvgIpc) is 3.05. The van der Waals surface area contributed by atoms with Gasteiger partial charge in [0, 0.05) is 11.8 Å². The molecule has 3 rings (SSSR count). The van der Waals surface area contributed by atoms with E-state index in [4.69, 9.17) is 10.3 Å². The first-order valence-electron chi connectivity index (χ1n) is 5.78. The lowest BCUT2D eigenvalue weighted by Gasteiger charge is -2.13. The Morgan fingerprint density at radius 1 is 1.39 bits per heavy atom. The third-order valence-corrected chi connectivity index (χ3v) is 3.05. The Morgan fingerprint density at radius 2 is 2.33 bits per heavy atom. The number of nitrogens with two attached hydrogens (primary N) is 1. The SMILES string of the molecule is NNC(Cc1ccoc1)c1cnn2ccccc12. The van der Waals surface area contributed by atoms with Gasteiger partial charge in [-0.15, -0.1) is 0 Å². The van der Waals surface area contributed by atoms with E-state index in [2.05, 4.69) is 10.5 Å². The van der Waals surface area contributed by atoms with Crippen molar-refractivity contribution in [2.45, 2.75) is 12.5 Å². The summed E-state index contributed by atoms with van der Waals surface area (Å²) in [6, 6.07) is 7.93. The molecule has 0 aliphatic rings. The van der Waals surface area contributed by atoms with Crippen molar-refractivity contribution in [2.24, 2.45) is 5.84 Å². The average molecular weight is 242 g/mol. The molecule has 0 aromatic carbocycles. The molecule has 92 valence electrons. The molecule has 3 aromatic rings. The normalized spacial score (nSPS) is 12.9. The van der Waals surface area contributed by atoms with Crippen molar-refractivity contribution in [3.05, 3.63) is 60.3 Å². The van der Waals surface area contributed by atoms with Gasteiger partial charge in [0.15, 0.2) is 0 Å². The van der Waals surface area contributed by atoms with Gasteiger partial charge in [0.25, 0.3) is 0 Å². The molecule has 5 heteroatoms. The third kappa shape index (κ3) is 1.90. The van der Waals surface area contributed by atoms with E-state index >= 15 is 0 Å². The summed E-state index contributed by atoms with van der Waals surface area (Å²) in [4.78, 5) is 0. The molecular weight excluding hydrogens is 228 g/mol. The van der Waals surface area contributed by atoms with E-state index in [1.165, 1.54) is 0 Å². The summed E-state index contributed by atoms with van der Waals surface area (Å²) in [7, 11) is 0. The first kappa shape index (κ1) is 11.0. The summed E-state index contributed by atoms with van der Waals surface area (Å²) in [5, 5.41) is 4.31. The van der Waals surface area contributed by atoms with Crippen molar-refractivity contribution in [3.63, 3.8) is 0 Å². The Hall–Kier alpha value is -2.11. The summed E-state index contributed by atoms with van der Waals surface area (Å²) < 4.78 is 6.92. The number of furan rings is 1. The van der Waals surface area contributed by atoms with E-state index < -0.39 is 0 Å². The first-order chi connectivity index (χ1) is 8.88. The Kier molecular flexibility index (Phi) is 2.84. The topological polar surface area (TPSA) is 68.5 Å². The molecule has 0 spiro atoms. The van der Waals surface area contributed by atoms with Gasteiger partial charge in [-0.2, -0.15) is 5.10 Å². The van der Waals surface area contributed by atoms with Crippen LogP contribution in [-0.2, 0) is 6.42 Å². The molecule has 0 fully saturated rings. The van der Waals surface area contributed by atoms with Gasteiger partial charge in [-0.05, 0) is 30.2 Å². The Labute approximate surface area is 104 Å². The minimum absolute atomic E-state index is 0.0162. The van der Waals surface area contributed by atoms with E-state index in [1.54, 1.807) is 12.5 Å². The molecule has 0 amide bonds. The Bertz CT molecular complexity index is 629. The molecule has 0 bridgehead atoms. The standard InChI is InChI=1S/C13H14N4O/c14-16-12(7-10-4-6-18-9-10)11-8-15-17-5-2-1-3-13(11)17/h1-6,8-9,12,16H,7,14H2. The summed E-state index contributed by atoms with van der Waals surface area (Å²) in [6.07, 6.45) is 7.93. The van der Waals surface area contributed by atoms with Crippen LogP contribution >= 0.6 is 0 Å². The molecule has 0 radical (unpaired) electrons. The second-order valence-corrected chi connectivity index (χ2v) is 4.19. The maximum Gasteiger partial charge on any atom is 0.0935 e. The monoisotopic (exact) mass is 242 g/mol. The zero-order valence-electron chi connectivity index (χ0n) is 9.78. The summed E-state index contributed by atoms with van der Waals surface area (Å²) in [5.74, 6) is 5.65. The highest BCUT2D eigenvalue weighted by molar-refractivity contribution is 5.55. The lowest BCUT2D eigenvalue weighted by atomic mass is 10.0. The molecule has 5 nitrogen and oxygen atoms in total. The second-order valence-electron chi connectivity index (χ2n) is 4.19. The molecule has 18 heavy (non-hydrogen) atoms. The maximum absolute atomic E-state index is 5.65. The van der Waals surface area contributed by atoms with Crippen LogP contribution in [0.4, 0.5) is 0 Å². The third-order valence-electron chi connectivity index (χ3n) is 3.05. The van der Waals surface area contributed by atoms with E-state index in [-0.39, 0.29) is 6.04 Å². The van der Waals surface area contributed by atoms with Crippen molar-refractivity contribution in [2.75, 3.05) is 0 Å². The molecule has 0 saturated carbocycles. The predicted molar refractivity (Wildman–Crippen MR) is 67.7 cm³/mol. The van der Waals surface area contributed by atoms with Gasteiger partial charge in [-0.25, -0.2) is 4.52 Å². The van der Waals surface area contributed by atoms with Crippen molar-refractivity contribution in [1.82, 2.24) is 15.0 Å². The largest absolute Gasteiger partial charge is 0.472 e. The molecule has 3 heterocycles. The first-order valence-corrected chi connectivity index (χ1v) is 5.78. The van der Waals surface area contributed by atoms with Crippen LogP contribution in [0.5, 0.6) is 0 Å². The van der Waals surface area contributed by atoms with Crippen LogP contribution in [0.15, 0.2) is 53.6 Å². The number of pyridine rings is 1. The Balaban J connectivity index is 1.96. The van der Waals surface area contributed by atoms with Gasteiger partial charge < -0.3 is 4.42 Å². The lowest BCUT2D eigenvalue weighted by Crippen LogP contribution is -2.29. The summed E-state index contributed by atoms with van der Waals surface area (Å²) >= 11 is 0. The van der Waals surface area contributed by atoms with Gasteiger partial charge >= 0.3 is 0 Å². The van der Waals surface area contributed by atoms with Gasteiger partial charge in [0.2, 0.25) is 0 Å². The molecule has 0 saturated heterocycles. The number of nitrogens with zero attached hydrogens (tertiary/aromatic N) is 2. The fraction of sp³-hybridized carbons (Fsp3) is 0.154. The van der Waals surface area contributed by atoms with Gasteiger partial charge in [0.05, 0.1) is 30.3 Å². The van der Waals surface area contributed by atoms with Crippen LogP contribution in [0, 0.1) is 0 Å². The van der Waals surface area contributed by atoms with Crippen LogP contribution < -0.4 is 11.3 Å². The van der Waals surface area contributed by atoms with Crippen LogP contribution in [0.3, 0.4) is 0 Å². The van der Waals surface area contributed by atoms with Crippen molar-refractivity contribution < 1.29 is 4.42 Å². The minimum Gasteiger partial charge on any atom is -0.472 e. The molecular formula is C13H14N4O. The molecule has 3 N–H and O–H groups in total. The number of aromatic nitrogens is 2. The van der Waals surface area contributed by atoms with E-state index in [9.17, 15) is 0 Å². The van der Waals surface area contributed by atoms with Crippen molar-refractivity contribution >= 4 is 5.52 Å². The fourth-order valence-electron chi connectivity index (χ4n) is 2.13. The van der Waals surface area contributed by atoms with Crippen molar-refractivity contribution in [1.29, 1.82) is 0 Å². The quantitative estimate of drug-likeness (QED) is 0.539. The smallest absolute Gasteiger partial charge is 0.0935 e. The number of hydrogen-bond donors (Lipinski definition) is 2. The van der Waals surface area contributed by atoms with Gasteiger partial charge in [-0.1, -0.05) is 6.07 Å². The van der Waals surface area contributed by atoms with Crippen LogP contribution in [-0.4, -0.2) is 9.61 Å².